The number of carbonyl (C=O) groups is 1. The van der Waals surface area contributed by atoms with Gasteiger partial charge in [-0.1, -0.05) is 48.4 Å². The highest BCUT2D eigenvalue weighted by Crippen LogP contribution is 2.41. The quantitative estimate of drug-likeness (QED) is 0.362. The molecule has 1 aromatic heterocycles. The maximum atomic E-state index is 13.6. The molecule has 0 saturated carbocycles. The van der Waals surface area contributed by atoms with Crippen molar-refractivity contribution in [2.45, 2.75) is 26.4 Å². The van der Waals surface area contributed by atoms with Gasteiger partial charge >= 0.3 is 5.97 Å². The second-order valence-electron chi connectivity index (χ2n) is 7.67. The Balaban J connectivity index is 2.15. The van der Waals surface area contributed by atoms with E-state index in [9.17, 15) is 23.7 Å². The minimum Gasteiger partial charge on any atom is -0.481 e. The van der Waals surface area contributed by atoms with E-state index in [-0.39, 0.29) is 0 Å². The minimum absolute atomic E-state index is 0.398. The predicted molar refractivity (Wildman–Crippen MR) is 124 cm³/mol. The molecule has 0 fully saturated rings. The molecule has 3 aromatic rings. The van der Waals surface area contributed by atoms with E-state index in [0.29, 0.717) is 28.1 Å². The summed E-state index contributed by atoms with van der Waals surface area (Å²) in [5, 5.41) is 18.5. The summed E-state index contributed by atoms with van der Waals surface area (Å²) in [5.41, 5.74) is 6.91. The van der Waals surface area contributed by atoms with E-state index < -0.39 is 37.8 Å². The maximum Gasteiger partial charge on any atom is 0.305 e. The lowest BCUT2D eigenvalue weighted by Gasteiger charge is -2.16. The molecule has 0 radical (unpaired) electrons. The zero-order valence-electron chi connectivity index (χ0n) is 18.1. The fourth-order valence-electron chi connectivity index (χ4n) is 3.54. The van der Waals surface area contributed by atoms with Gasteiger partial charge in [-0.15, -0.1) is 0 Å². The highest BCUT2D eigenvalue weighted by atomic mass is 31.2. The average molecular weight is 467 g/mol. The van der Waals surface area contributed by atoms with Crippen molar-refractivity contribution in [1.29, 1.82) is 0 Å². The first kappa shape index (κ1) is 24.3. The lowest BCUT2D eigenvalue weighted by atomic mass is 9.91. The Bertz CT molecular complexity index is 1280. The van der Waals surface area contributed by atoms with Crippen LogP contribution in [0.1, 0.15) is 23.2 Å². The third-order valence-electron chi connectivity index (χ3n) is 5.03. The zero-order chi connectivity index (χ0) is 24.2. The minimum atomic E-state index is -4.16. The van der Waals surface area contributed by atoms with Crippen LogP contribution in [0, 0.1) is 31.2 Å². The zero-order valence-corrected chi connectivity index (χ0v) is 19.0. The molecule has 0 bridgehead atoms. The standard InChI is InChI=1S/C25H23FNO5P/c1-16-24(18-8-10-20(26)11-9-18)22(12-13-33(31,32)15-21(28)14-23(29)30)17(2)27-25(16)19-6-4-3-5-7-19/h3-11,21,28H,14-15H2,1-2H3,(H,29,30)(H,31,32)/t21-/m1/s1. The van der Waals surface area contributed by atoms with Crippen molar-refractivity contribution in [1.82, 2.24) is 4.98 Å². The third kappa shape index (κ3) is 6.15. The van der Waals surface area contributed by atoms with Gasteiger partial charge in [-0.05, 0) is 42.8 Å². The number of aryl methyl sites for hydroxylation is 1. The monoisotopic (exact) mass is 467 g/mol. The van der Waals surface area contributed by atoms with Gasteiger partial charge in [0, 0.05) is 11.1 Å². The molecular weight excluding hydrogens is 444 g/mol. The van der Waals surface area contributed by atoms with Crippen LogP contribution >= 0.6 is 7.37 Å². The number of aliphatic hydroxyl groups is 1. The summed E-state index contributed by atoms with van der Waals surface area (Å²) >= 11 is 0. The molecule has 0 aliphatic carbocycles. The van der Waals surface area contributed by atoms with Crippen molar-refractivity contribution >= 4 is 13.3 Å². The highest BCUT2D eigenvalue weighted by Gasteiger charge is 2.23. The van der Waals surface area contributed by atoms with Crippen molar-refractivity contribution in [2.24, 2.45) is 0 Å². The van der Waals surface area contributed by atoms with E-state index in [2.05, 4.69) is 16.6 Å². The van der Waals surface area contributed by atoms with E-state index in [1.165, 1.54) is 12.1 Å². The van der Waals surface area contributed by atoms with Gasteiger partial charge in [-0.2, -0.15) is 0 Å². The van der Waals surface area contributed by atoms with Crippen LogP contribution in [0.2, 0.25) is 0 Å². The second-order valence-corrected chi connectivity index (χ2v) is 9.66. The number of aliphatic carboxylic acids is 1. The number of aromatic nitrogens is 1. The molecule has 2 atom stereocenters. The molecule has 6 nitrogen and oxygen atoms in total. The number of aliphatic hydroxyl groups excluding tert-OH is 1. The Kier molecular flexibility index (Phi) is 7.45. The van der Waals surface area contributed by atoms with Crippen molar-refractivity contribution in [3.05, 3.63) is 77.2 Å². The van der Waals surface area contributed by atoms with Gasteiger partial charge in [0.1, 0.15) is 5.82 Å². The van der Waals surface area contributed by atoms with E-state index in [0.717, 1.165) is 11.1 Å². The number of nitrogens with zero attached hydrogens (tertiary/aromatic N) is 1. The third-order valence-corrected chi connectivity index (χ3v) is 6.40. The van der Waals surface area contributed by atoms with Gasteiger partial charge in [0.2, 0.25) is 0 Å². The summed E-state index contributed by atoms with van der Waals surface area (Å²) in [6, 6.07) is 15.4. The van der Waals surface area contributed by atoms with E-state index in [1.54, 1.807) is 19.1 Å². The Morgan fingerprint density at radius 1 is 1.09 bits per heavy atom. The smallest absolute Gasteiger partial charge is 0.305 e. The Morgan fingerprint density at radius 3 is 2.33 bits per heavy atom. The Morgan fingerprint density at radius 2 is 1.73 bits per heavy atom. The van der Waals surface area contributed by atoms with Crippen molar-refractivity contribution in [3.8, 4) is 34.0 Å². The van der Waals surface area contributed by atoms with Crippen molar-refractivity contribution in [3.63, 3.8) is 0 Å². The van der Waals surface area contributed by atoms with Crippen LogP contribution in [-0.4, -0.2) is 38.3 Å². The molecule has 0 aliphatic heterocycles. The lowest BCUT2D eigenvalue weighted by Crippen LogP contribution is -2.17. The summed E-state index contributed by atoms with van der Waals surface area (Å²) in [5.74, 6) is 1.06. The van der Waals surface area contributed by atoms with Crippen LogP contribution in [0.3, 0.4) is 0 Å². The molecule has 0 spiro atoms. The second kappa shape index (κ2) is 10.1. The fourth-order valence-corrected chi connectivity index (χ4v) is 4.62. The summed E-state index contributed by atoms with van der Waals surface area (Å²) < 4.78 is 26.1. The first-order chi connectivity index (χ1) is 15.6. The van der Waals surface area contributed by atoms with Gasteiger partial charge in [0.05, 0.1) is 35.6 Å². The van der Waals surface area contributed by atoms with Gasteiger partial charge < -0.3 is 15.1 Å². The molecule has 8 heteroatoms. The molecule has 3 N–H and O–H groups in total. The predicted octanol–water partition coefficient (Wildman–Crippen LogP) is 4.59. The molecule has 2 aromatic carbocycles. The molecule has 0 amide bonds. The SMILES string of the molecule is Cc1nc(-c2ccccc2)c(C)c(-c2ccc(F)cc2)c1C#CP(=O)(O)C[C@H](O)CC(=O)O. The topological polar surface area (TPSA) is 108 Å². The Hall–Kier alpha value is -3.30. The van der Waals surface area contributed by atoms with E-state index in [4.69, 9.17) is 5.11 Å². The number of hydrogen-bond donors (Lipinski definition) is 3. The van der Waals surface area contributed by atoms with Crippen LogP contribution in [-0.2, 0) is 9.36 Å². The molecule has 3 rings (SSSR count). The normalized spacial score (nSPS) is 13.5. The van der Waals surface area contributed by atoms with Crippen LogP contribution in [0.4, 0.5) is 4.39 Å². The maximum absolute atomic E-state index is 13.6. The van der Waals surface area contributed by atoms with Gasteiger partial charge in [0.25, 0.3) is 7.37 Å². The number of hydrogen-bond acceptors (Lipinski definition) is 4. The molecular formula is C25H23FNO5P. The molecule has 0 aliphatic rings. The fraction of sp³-hybridized carbons (Fsp3) is 0.200. The van der Waals surface area contributed by atoms with Gasteiger partial charge in [0.15, 0.2) is 0 Å². The number of halogens is 1. The summed E-state index contributed by atoms with van der Waals surface area (Å²) in [4.78, 5) is 25.6. The van der Waals surface area contributed by atoms with E-state index >= 15 is 0 Å². The number of pyridine rings is 1. The average Bonchev–Trinajstić information content (AvgIpc) is 2.74. The lowest BCUT2D eigenvalue weighted by molar-refractivity contribution is -0.138. The summed E-state index contributed by atoms with van der Waals surface area (Å²) in [6.07, 6.45) is -2.81. The van der Waals surface area contributed by atoms with Crippen LogP contribution in [0.25, 0.3) is 22.4 Å². The van der Waals surface area contributed by atoms with E-state index in [1.807, 2.05) is 37.3 Å². The molecule has 33 heavy (non-hydrogen) atoms. The number of carboxylic acids is 1. The first-order valence-electron chi connectivity index (χ1n) is 10.1. The van der Waals surface area contributed by atoms with Gasteiger partial charge in [-0.25, -0.2) is 4.39 Å². The molecule has 170 valence electrons. The van der Waals surface area contributed by atoms with Crippen LogP contribution in [0.5, 0.6) is 0 Å². The number of rotatable bonds is 6. The molecule has 0 saturated heterocycles. The van der Waals surface area contributed by atoms with Gasteiger partial charge in [-0.3, -0.25) is 14.3 Å². The summed E-state index contributed by atoms with van der Waals surface area (Å²) in [7, 11) is -4.16. The van der Waals surface area contributed by atoms with Crippen LogP contribution in [0.15, 0.2) is 54.6 Å². The highest BCUT2D eigenvalue weighted by molar-refractivity contribution is 7.63. The number of benzene rings is 2. The van der Waals surface area contributed by atoms with Crippen molar-refractivity contribution in [2.75, 3.05) is 6.16 Å². The van der Waals surface area contributed by atoms with Crippen LogP contribution < -0.4 is 0 Å². The van der Waals surface area contributed by atoms with Crippen molar-refractivity contribution < 1.29 is 28.9 Å². The molecule has 1 unspecified atom stereocenters. The Labute approximate surface area is 191 Å². The largest absolute Gasteiger partial charge is 0.481 e. The molecule has 1 heterocycles. The summed E-state index contributed by atoms with van der Waals surface area (Å²) in [6.45, 7) is 3.58. The first-order valence-corrected chi connectivity index (χ1v) is 12.0. The number of carboxylic acid groups (broad SMARTS) is 1.